The third-order valence-corrected chi connectivity index (χ3v) is 2.89. The molecule has 0 aliphatic carbocycles. The first kappa shape index (κ1) is 15.4. The molecule has 0 spiro atoms. The van der Waals surface area contributed by atoms with Crippen molar-refractivity contribution in [2.45, 2.75) is 19.5 Å². The third kappa shape index (κ3) is 4.53. The number of rotatable bonds is 5. The van der Waals surface area contributed by atoms with Gasteiger partial charge < -0.3 is 5.32 Å². The van der Waals surface area contributed by atoms with Crippen LogP contribution < -0.4 is 5.32 Å². The van der Waals surface area contributed by atoms with Gasteiger partial charge in [0.15, 0.2) is 0 Å². The van der Waals surface area contributed by atoms with Gasteiger partial charge in [0.05, 0.1) is 10.6 Å². The molecule has 0 saturated heterocycles. The van der Waals surface area contributed by atoms with Crippen LogP contribution in [0.4, 0.5) is 19.0 Å². The van der Waals surface area contributed by atoms with Crippen LogP contribution in [0.2, 0.25) is 5.02 Å². The second-order valence-corrected chi connectivity index (χ2v) is 4.80. The molecule has 102 valence electrons. The van der Waals surface area contributed by atoms with E-state index in [9.17, 15) is 13.2 Å². The Balaban J connectivity index is 2.69. The van der Waals surface area contributed by atoms with Crippen LogP contribution in [0.3, 0.4) is 0 Å². The van der Waals surface area contributed by atoms with E-state index in [1.54, 1.807) is 0 Å². The van der Waals surface area contributed by atoms with E-state index in [2.05, 4.69) is 10.3 Å². The summed E-state index contributed by atoms with van der Waals surface area (Å²) in [5.41, 5.74) is -0.855. The van der Waals surface area contributed by atoms with E-state index in [4.69, 9.17) is 23.2 Å². The minimum atomic E-state index is -4.43. The first-order valence-electron chi connectivity index (χ1n) is 5.37. The summed E-state index contributed by atoms with van der Waals surface area (Å²) in [6.45, 7) is 2.54. The Labute approximate surface area is 113 Å². The molecule has 0 radical (unpaired) electrons. The zero-order valence-corrected chi connectivity index (χ0v) is 11.2. The van der Waals surface area contributed by atoms with Crippen LogP contribution in [0.5, 0.6) is 0 Å². The van der Waals surface area contributed by atoms with Crippen LogP contribution in [0.25, 0.3) is 0 Å². The van der Waals surface area contributed by atoms with Crippen LogP contribution in [0, 0.1) is 5.92 Å². The molecule has 0 aliphatic rings. The summed E-state index contributed by atoms with van der Waals surface area (Å²) in [6, 6.07) is 0.864. The van der Waals surface area contributed by atoms with Gasteiger partial charge in [-0.2, -0.15) is 13.2 Å². The third-order valence-electron chi connectivity index (χ3n) is 2.39. The first-order chi connectivity index (χ1) is 8.34. The normalized spacial score (nSPS) is 13.4. The lowest BCUT2D eigenvalue weighted by molar-refractivity contribution is -0.137. The Morgan fingerprint density at radius 3 is 2.61 bits per heavy atom. The molecule has 1 N–H and O–H groups in total. The minimum Gasteiger partial charge on any atom is -0.369 e. The lowest BCUT2D eigenvalue weighted by Gasteiger charge is -2.13. The van der Waals surface area contributed by atoms with Crippen LogP contribution in [-0.2, 0) is 6.18 Å². The summed E-state index contributed by atoms with van der Waals surface area (Å²) in [6.07, 6.45) is -2.85. The van der Waals surface area contributed by atoms with Crippen LogP contribution in [-0.4, -0.2) is 17.4 Å². The number of aromatic nitrogens is 1. The summed E-state index contributed by atoms with van der Waals surface area (Å²) in [7, 11) is 0. The predicted molar refractivity (Wildman–Crippen MR) is 67.2 cm³/mol. The molecule has 18 heavy (non-hydrogen) atoms. The fourth-order valence-corrected chi connectivity index (χ4v) is 1.89. The Kier molecular flexibility index (Phi) is 5.53. The highest BCUT2D eigenvalue weighted by Gasteiger charge is 2.31. The van der Waals surface area contributed by atoms with Gasteiger partial charge in [-0.25, -0.2) is 4.98 Å². The van der Waals surface area contributed by atoms with Crippen molar-refractivity contribution in [2.24, 2.45) is 5.92 Å². The number of hydrogen-bond acceptors (Lipinski definition) is 2. The van der Waals surface area contributed by atoms with Crippen molar-refractivity contribution in [3.05, 3.63) is 22.8 Å². The molecule has 1 atom stereocenters. The average molecular weight is 301 g/mol. The van der Waals surface area contributed by atoms with Crippen molar-refractivity contribution in [3.8, 4) is 0 Å². The first-order valence-corrected chi connectivity index (χ1v) is 6.28. The summed E-state index contributed by atoms with van der Waals surface area (Å²) < 4.78 is 37.1. The monoisotopic (exact) mass is 300 g/mol. The van der Waals surface area contributed by atoms with Crippen molar-refractivity contribution in [2.75, 3.05) is 17.7 Å². The van der Waals surface area contributed by atoms with Crippen molar-refractivity contribution in [1.82, 2.24) is 4.98 Å². The number of halogens is 5. The summed E-state index contributed by atoms with van der Waals surface area (Å²) in [5, 5.41) is 2.87. The van der Waals surface area contributed by atoms with E-state index in [-0.39, 0.29) is 10.8 Å². The zero-order valence-electron chi connectivity index (χ0n) is 9.69. The maximum absolute atomic E-state index is 12.4. The standard InChI is InChI=1S/C11H13Cl2F3N2/c1-7(2-3-12)5-17-10-9(13)4-8(6-18-10)11(14,15)16/h4,6-7H,2-3,5H2,1H3,(H,17,18). The van der Waals surface area contributed by atoms with Gasteiger partial charge in [-0.3, -0.25) is 0 Å². The summed E-state index contributed by atoms with van der Waals surface area (Å²) >= 11 is 11.3. The molecule has 1 heterocycles. The summed E-state index contributed by atoms with van der Waals surface area (Å²) in [4.78, 5) is 3.68. The average Bonchev–Trinajstić information content (AvgIpc) is 2.26. The lowest BCUT2D eigenvalue weighted by Crippen LogP contribution is -2.14. The smallest absolute Gasteiger partial charge is 0.369 e. The molecular weight excluding hydrogens is 288 g/mol. The van der Waals surface area contributed by atoms with E-state index >= 15 is 0 Å². The van der Waals surface area contributed by atoms with Gasteiger partial charge in [0.25, 0.3) is 0 Å². The maximum Gasteiger partial charge on any atom is 0.417 e. The van der Waals surface area contributed by atoms with Crippen molar-refractivity contribution in [3.63, 3.8) is 0 Å². The number of pyridine rings is 1. The fourth-order valence-electron chi connectivity index (χ4n) is 1.28. The zero-order chi connectivity index (χ0) is 13.8. The van der Waals surface area contributed by atoms with Gasteiger partial charge >= 0.3 is 6.18 Å². The van der Waals surface area contributed by atoms with E-state index in [1.807, 2.05) is 6.92 Å². The Morgan fingerprint density at radius 1 is 1.44 bits per heavy atom. The van der Waals surface area contributed by atoms with Crippen molar-refractivity contribution < 1.29 is 13.2 Å². The molecule has 2 nitrogen and oxygen atoms in total. The van der Waals surface area contributed by atoms with Crippen LogP contribution in [0.1, 0.15) is 18.9 Å². The molecule has 1 aromatic heterocycles. The number of nitrogens with one attached hydrogen (secondary N) is 1. The van der Waals surface area contributed by atoms with Crippen molar-refractivity contribution >= 4 is 29.0 Å². The predicted octanol–water partition coefficient (Wildman–Crippen LogP) is 4.43. The topological polar surface area (TPSA) is 24.9 Å². The van der Waals surface area contributed by atoms with Crippen LogP contribution >= 0.6 is 23.2 Å². The second kappa shape index (κ2) is 6.48. The molecule has 7 heteroatoms. The van der Waals surface area contributed by atoms with Crippen LogP contribution in [0.15, 0.2) is 12.3 Å². The number of hydrogen-bond donors (Lipinski definition) is 1. The lowest BCUT2D eigenvalue weighted by atomic mass is 10.1. The van der Waals surface area contributed by atoms with Crippen molar-refractivity contribution in [1.29, 1.82) is 0 Å². The molecule has 0 amide bonds. The fraction of sp³-hybridized carbons (Fsp3) is 0.545. The highest BCUT2D eigenvalue weighted by atomic mass is 35.5. The number of anilines is 1. The van der Waals surface area contributed by atoms with Gasteiger partial charge in [-0.05, 0) is 18.4 Å². The Bertz CT molecular complexity index is 396. The molecular formula is C11H13Cl2F3N2. The largest absolute Gasteiger partial charge is 0.417 e. The molecule has 0 bridgehead atoms. The molecule has 0 aliphatic heterocycles. The highest BCUT2D eigenvalue weighted by molar-refractivity contribution is 6.32. The molecule has 0 fully saturated rings. The SMILES string of the molecule is CC(CCCl)CNc1ncc(C(F)(F)F)cc1Cl. The molecule has 1 aromatic rings. The van der Waals surface area contributed by atoms with E-state index in [0.29, 0.717) is 18.3 Å². The Hall–Kier alpha value is -0.680. The number of alkyl halides is 4. The van der Waals surface area contributed by atoms with Gasteiger partial charge in [0, 0.05) is 18.6 Å². The van der Waals surface area contributed by atoms with Gasteiger partial charge in [-0.1, -0.05) is 18.5 Å². The maximum atomic E-state index is 12.4. The Morgan fingerprint density at radius 2 is 2.11 bits per heavy atom. The molecule has 1 rings (SSSR count). The van der Waals surface area contributed by atoms with Gasteiger partial charge in [0.2, 0.25) is 0 Å². The minimum absolute atomic E-state index is 0.0390. The highest BCUT2D eigenvalue weighted by Crippen LogP contribution is 2.32. The molecule has 1 unspecified atom stereocenters. The second-order valence-electron chi connectivity index (χ2n) is 4.02. The molecule has 0 saturated carbocycles. The number of nitrogens with zero attached hydrogens (tertiary/aromatic N) is 1. The summed E-state index contributed by atoms with van der Waals surface area (Å²) in [5.74, 6) is 1.09. The van der Waals surface area contributed by atoms with Gasteiger partial charge in [-0.15, -0.1) is 11.6 Å². The molecule has 0 aromatic carbocycles. The quantitative estimate of drug-likeness (QED) is 0.814. The van der Waals surface area contributed by atoms with E-state index < -0.39 is 11.7 Å². The van der Waals surface area contributed by atoms with E-state index in [1.165, 1.54) is 0 Å². The van der Waals surface area contributed by atoms with E-state index in [0.717, 1.165) is 18.7 Å². The van der Waals surface area contributed by atoms with Gasteiger partial charge in [0.1, 0.15) is 5.82 Å².